The average molecular weight is 774 g/mol. The summed E-state index contributed by atoms with van der Waals surface area (Å²) in [5.74, 6) is 0.141. The standard InChI is InChI=1S/C35H43Br2N5O5/c1-22-18-28(26-10-11-27(38(2)3)25-9-7-6-8-24(25)26)42-34(45)41(13-12-40-14-16-47-17-15-40)33(44)35(22,42)21-39(4)20-23-19-29(46-5)32(43)31(37)30(23)36/h6-11,19,22,28,43H,12-18,20-21H2,1-5H3/t22-,28+,35-/m0/s1. The van der Waals surface area contributed by atoms with E-state index in [1.165, 1.54) is 12.0 Å². The van der Waals surface area contributed by atoms with Crippen molar-refractivity contribution in [2.24, 2.45) is 5.92 Å². The molecule has 0 bridgehead atoms. The van der Waals surface area contributed by atoms with Gasteiger partial charge in [-0.1, -0.05) is 37.3 Å². The van der Waals surface area contributed by atoms with E-state index in [1.54, 1.807) is 6.07 Å². The number of imide groups is 1. The van der Waals surface area contributed by atoms with Crippen LogP contribution in [0.4, 0.5) is 10.5 Å². The number of carbonyl (C=O) groups is 2. The number of methoxy groups -OCH3 is 1. The molecule has 0 saturated carbocycles. The number of hydrogen-bond acceptors (Lipinski definition) is 8. The van der Waals surface area contributed by atoms with Crippen LogP contribution in [0.15, 0.2) is 51.4 Å². The van der Waals surface area contributed by atoms with Crippen LogP contribution < -0.4 is 9.64 Å². The van der Waals surface area contributed by atoms with E-state index in [4.69, 9.17) is 9.47 Å². The van der Waals surface area contributed by atoms with Gasteiger partial charge in [-0.25, -0.2) is 4.79 Å². The van der Waals surface area contributed by atoms with Crippen molar-refractivity contribution in [2.75, 3.05) is 79.1 Å². The summed E-state index contributed by atoms with van der Waals surface area (Å²) >= 11 is 7.10. The van der Waals surface area contributed by atoms with E-state index in [-0.39, 0.29) is 29.6 Å². The summed E-state index contributed by atoms with van der Waals surface area (Å²) in [4.78, 5) is 39.2. The van der Waals surface area contributed by atoms with Crippen molar-refractivity contribution in [1.29, 1.82) is 0 Å². The largest absolute Gasteiger partial charge is 0.503 e. The van der Waals surface area contributed by atoms with Crippen molar-refractivity contribution in [1.82, 2.24) is 19.6 Å². The molecule has 0 aromatic heterocycles. The van der Waals surface area contributed by atoms with Gasteiger partial charge in [-0.05, 0) is 79.9 Å². The molecular formula is C35H43Br2N5O5. The number of halogens is 2. The Morgan fingerprint density at radius 3 is 2.40 bits per heavy atom. The zero-order chi connectivity index (χ0) is 33.6. The maximum absolute atomic E-state index is 14.8. The molecule has 3 saturated heterocycles. The van der Waals surface area contributed by atoms with E-state index in [0.717, 1.165) is 40.7 Å². The van der Waals surface area contributed by atoms with Crippen LogP contribution in [-0.2, 0) is 16.1 Å². The van der Waals surface area contributed by atoms with Crippen LogP contribution in [0.2, 0.25) is 0 Å². The SMILES string of the molecule is COc1cc(CN(C)C[C@]23C(=O)N(CCN4CCOCC4)C(=O)N2[C@@H](c2ccc(N(C)C)c4ccccc24)C[C@@H]3C)c(Br)c(Br)c1O. The predicted molar refractivity (Wildman–Crippen MR) is 190 cm³/mol. The maximum Gasteiger partial charge on any atom is 0.328 e. The Hall–Kier alpha value is -2.90. The molecule has 3 amide bonds. The Kier molecular flexibility index (Phi) is 9.79. The summed E-state index contributed by atoms with van der Waals surface area (Å²) in [6.07, 6.45) is 0.677. The molecule has 12 heteroatoms. The van der Waals surface area contributed by atoms with Crippen LogP contribution in [-0.4, -0.2) is 116 Å². The fourth-order valence-electron chi connectivity index (χ4n) is 7.71. The lowest BCUT2D eigenvalue weighted by Gasteiger charge is -2.37. The highest BCUT2D eigenvalue weighted by Gasteiger charge is 2.66. The van der Waals surface area contributed by atoms with Gasteiger partial charge in [0.15, 0.2) is 11.5 Å². The third-order valence-electron chi connectivity index (χ3n) is 10.1. The summed E-state index contributed by atoms with van der Waals surface area (Å²) < 4.78 is 12.2. The van der Waals surface area contributed by atoms with Gasteiger partial charge in [0.1, 0.15) is 5.54 Å². The van der Waals surface area contributed by atoms with Gasteiger partial charge in [0.05, 0.1) is 30.8 Å². The van der Waals surface area contributed by atoms with Gasteiger partial charge < -0.3 is 24.4 Å². The summed E-state index contributed by atoms with van der Waals surface area (Å²) in [5, 5.41) is 12.7. The molecule has 3 aliphatic heterocycles. The lowest BCUT2D eigenvalue weighted by atomic mass is 9.84. The van der Waals surface area contributed by atoms with E-state index in [0.29, 0.717) is 60.5 Å². The summed E-state index contributed by atoms with van der Waals surface area (Å²) in [6.45, 7) is 6.78. The van der Waals surface area contributed by atoms with E-state index in [9.17, 15) is 14.7 Å². The molecular weight excluding hydrogens is 730 g/mol. The molecule has 47 heavy (non-hydrogen) atoms. The quantitative estimate of drug-likeness (QED) is 0.263. The van der Waals surface area contributed by atoms with Gasteiger partial charge in [0.2, 0.25) is 0 Å². The minimum atomic E-state index is -1.05. The monoisotopic (exact) mass is 771 g/mol. The number of morpholine rings is 1. The van der Waals surface area contributed by atoms with Gasteiger partial charge in [0, 0.05) is 68.9 Å². The number of fused-ring (bicyclic) bond motifs is 2. The number of carbonyl (C=O) groups excluding carboxylic acids is 2. The molecule has 1 N–H and O–H groups in total. The molecule has 0 aliphatic carbocycles. The molecule has 10 nitrogen and oxygen atoms in total. The molecule has 3 aliphatic rings. The maximum atomic E-state index is 14.8. The summed E-state index contributed by atoms with van der Waals surface area (Å²) in [7, 11) is 7.57. The smallest absolute Gasteiger partial charge is 0.328 e. The number of hydrogen-bond donors (Lipinski definition) is 1. The highest BCUT2D eigenvalue weighted by Crippen LogP contribution is 2.53. The first-order chi connectivity index (χ1) is 22.5. The second-order valence-electron chi connectivity index (χ2n) is 13.1. The first kappa shape index (κ1) is 34.0. The molecule has 0 radical (unpaired) electrons. The Bertz CT molecular complexity index is 1680. The molecule has 3 heterocycles. The number of phenols is 1. The Morgan fingerprint density at radius 1 is 1.02 bits per heavy atom. The van der Waals surface area contributed by atoms with E-state index in [1.807, 2.05) is 38.2 Å². The minimum Gasteiger partial charge on any atom is -0.503 e. The first-order valence-electron chi connectivity index (χ1n) is 16.1. The van der Waals surface area contributed by atoms with E-state index < -0.39 is 5.54 Å². The second-order valence-corrected chi connectivity index (χ2v) is 14.7. The van der Waals surface area contributed by atoms with Crippen molar-refractivity contribution < 1.29 is 24.2 Å². The lowest BCUT2D eigenvalue weighted by Crippen LogP contribution is -2.56. The minimum absolute atomic E-state index is 0.0165. The number of rotatable bonds is 10. The molecule has 6 rings (SSSR count). The third kappa shape index (κ3) is 5.90. The number of nitrogens with zero attached hydrogens (tertiary/aromatic N) is 5. The number of anilines is 1. The van der Waals surface area contributed by atoms with Gasteiger partial charge >= 0.3 is 6.03 Å². The van der Waals surface area contributed by atoms with Gasteiger partial charge in [0.25, 0.3) is 5.91 Å². The number of aromatic hydroxyl groups is 1. The molecule has 0 spiro atoms. The highest BCUT2D eigenvalue weighted by molar-refractivity contribution is 9.13. The van der Waals surface area contributed by atoms with Crippen LogP contribution in [0.25, 0.3) is 10.8 Å². The Balaban J connectivity index is 1.39. The fourth-order valence-corrected chi connectivity index (χ4v) is 8.58. The number of ether oxygens (including phenoxy) is 2. The van der Waals surface area contributed by atoms with Crippen LogP contribution >= 0.6 is 31.9 Å². The number of amides is 3. The van der Waals surface area contributed by atoms with Gasteiger partial charge in [-0.15, -0.1) is 0 Å². The second kappa shape index (κ2) is 13.5. The van der Waals surface area contributed by atoms with Crippen molar-refractivity contribution >= 4 is 60.3 Å². The topological polar surface area (TPSA) is 89.0 Å². The van der Waals surface area contributed by atoms with Crippen LogP contribution in [0.1, 0.15) is 30.5 Å². The average Bonchev–Trinajstić information content (AvgIpc) is 3.47. The lowest BCUT2D eigenvalue weighted by molar-refractivity contribution is -0.135. The number of phenolic OH excluding ortho intramolecular Hbond substituents is 1. The van der Waals surface area contributed by atoms with Crippen molar-refractivity contribution in [3.05, 3.63) is 62.5 Å². The number of urea groups is 1. The Labute approximate surface area is 293 Å². The van der Waals surface area contributed by atoms with Crippen LogP contribution in [0.3, 0.4) is 0 Å². The third-order valence-corrected chi connectivity index (χ3v) is 12.3. The Morgan fingerprint density at radius 2 is 1.72 bits per heavy atom. The predicted octanol–water partition coefficient (Wildman–Crippen LogP) is 5.69. The summed E-state index contributed by atoms with van der Waals surface area (Å²) in [6, 6.07) is 13.9. The zero-order valence-corrected chi connectivity index (χ0v) is 30.8. The molecule has 0 unspecified atom stereocenters. The molecule has 3 aromatic carbocycles. The molecule has 3 atom stereocenters. The number of benzene rings is 3. The van der Waals surface area contributed by atoms with Crippen LogP contribution in [0.5, 0.6) is 11.5 Å². The van der Waals surface area contributed by atoms with Gasteiger partial charge in [-0.2, -0.15) is 0 Å². The van der Waals surface area contributed by atoms with E-state index >= 15 is 0 Å². The van der Waals surface area contributed by atoms with E-state index in [2.05, 4.69) is 77.7 Å². The molecule has 3 fully saturated rings. The van der Waals surface area contributed by atoms with Crippen LogP contribution in [0, 0.1) is 5.92 Å². The number of likely N-dealkylation sites (N-methyl/N-ethyl adjacent to an activating group) is 1. The van der Waals surface area contributed by atoms with Gasteiger partial charge in [-0.3, -0.25) is 19.5 Å². The highest BCUT2D eigenvalue weighted by atomic mass is 79.9. The summed E-state index contributed by atoms with van der Waals surface area (Å²) in [5.41, 5.74) is 2.01. The van der Waals surface area contributed by atoms with Crippen molar-refractivity contribution in [3.8, 4) is 11.5 Å². The van der Waals surface area contributed by atoms with Crippen molar-refractivity contribution in [2.45, 2.75) is 31.5 Å². The molecule has 252 valence electrons. The zero-order valence-electron chi connectivity index (χ0n) is 27.6. The van der Waals surface area contributed by atoms with Crippen molar-refractivity contribution in [3.63, 3.8) is 0 Å². The fraction of sp³-hybridized carbons (Fsp3) is 0.486. The first-order valence-corrected chi connectivity index (χ1v) is 17.6. The normalized spacial score (nSPS) is 23.3. The molecule has 3 aromatic rings.